The molecule has 11 heteroatoms. The Labute approximate surface area is 206 Å². The number of aromatic nitrogens is 2. The third kappa shape index (κ3) is 4.68. The molecule has 3 aliphatic rings. The van der Waals surface area contributed by atoms with E-state index in [0.29, 0.717) is 31.2 Å². The van der Waals surface area contributed by atoms with Gasteiger partial charge in [0, 0.05) is 38.0 Å². The van der Waals surface area contributed by atoms with Gasteiger partial charge < -0.3 is 15.1 Å². The Hall–Kier alpha value is -3.42. The van der Waals surface area contributed by atoms with Gasteiger partial charge >= 0.3 is 6.18 Å². The standard InChI is InChI=1S/C25H27F3N6O2/c26-25(27,28)20-21(31-19-8-4-3-7-18(19)30-20)33-11-13-34(14-12-33)23(36)17-6-2-1-5-16(17)22(35)32-24(15-29)9-10-24/h3-4,7-8,16-17H,1-2,5-6,9-14H2,(H,32,35)/t16-,17-/m1/s1. The number of amides is 2. The number of halogens is 3. The number of anilines is 1. The van der Waals surface area contributed by atoms with Crippen molar-refractivity contribution in [2.24, 2.45) is 11.8 Å². The second-order valence-electron chi connectivity index (χ2n) is 9.88. The number of rotatable bonds is 4. The van der Waals surface area contributed by atoms with E-state index in [2.05, 4.69) is 21.4 Å². The van der Waals surface area contributed by atoms with Gasteiger partial charge in [-0.3, -0.25) is 9.59 Å². The molecule has 2 aromatic rings. The zero-order chi connectivity index (χ0) is 25.5. The molecule has 3 fully saturated rings. The van der Waals surface area contributed by atoms with Gasteiger partial charge in [0.05, 0.1) is 17.1 Å². The van der Waals surface area contributed by atoms with Gasteiger partial charge in [0.15, 0.2) is 11.5 Å². The van der Waals surface area contributed by atoms with Gasteiger partial charge in [-0.05, 0) is 37.8 Å². The molecule has 190 valence electrons. The molecule has 1 aromatic heterocycles. The van der Waals surface area contributed by atoms with Crippen LogP contribution in [0, 0.1) is 23.2 Å². The first-order chi connectivity index (χ1) is 17.2. The maximum Gasteiger partial charge on any atom is 0.437 e. The topological polar surface area (TPSA) is 102 Å². The third-order valence-corrected chi connectivity index (χ3v) is 7.46. The lowest BCUT2D eigenvalue weighted by molar-refractivity contribution is -0.144. The number of piperazine rings is 1. The Bertz CT molecular complexity index is 1210. The van der Waals surface area contributed by atoms with E-state index in [1.165, 1.54) is 11.0 Å². The average molecular weight is 501 g/mol. The smallest absolute Gasteiger partial charge is 0.351 e. The minimum atomic E-state index is -4.66. The summed E-state index contributed by atoms with van der Waals surface area (Å²) in [5.74, 6) is -1.58. The summed E-state index contributed by atoms with van der Waals surface area (Å²) in [5, 5.41) is 12.1. The lowest BCUT2D eigenvalue weighted by atomic mass is 9.77. The highest BCUT2D eigenvalue weighted by Gasteiger charge is 2.48. The first-order valence-corrected chi connectivity index (χ1v) is 12.3. The molecule has 2 heterocycles. The molecule has 0 bridgehead atoms. The number of alkyl halides is 3. The van der Waals surface area contributed by atoms with Crippen LogP contribution in [-0.2, 0) is 15.8 Å². The number of fused-ring (bicyclic) bond motifs is 1. The molecule has 0 spiro atoms. The summed E-state index contributed by atoms with van der Waals surface area (Å²) in [6.07, 6.45) is -0.553. The average Bonchev–Trinajstić information content (AvgIpc) is 3.67. The van der Waals surface area contributed by atoms with Crippen molar-refractivity contribution in [2.75, 3.05) is 31.1 Å². The molecule has 0 radical (unpaired) electrons. The highest BCUT2D eigenvalue weighted by molar-refractivity contribution is 5.89. The van der Waals surface area contributed by atoms with Gasteiger partial charge in [-0.1, -0.05) is 25.0 Å². The van der Waals surface area contributed by atoms with Gasteiger partial charge in [-0.2, -0.15) is 18.4 Å². The fraction of sp³-hybridized carbons (Fsp3) is 0.560. The van der Waals surface area contributed by atoms with Gasteiger partial charge in [0.1, 0.15) is 5.54 Å². The molecule has 2 saturated carbocycles. The molecule has 0 unspecified atom stereocenters. The molecule has 2 aliphatic carbocycles. The SMILES string of the molecule is N#CC1(NC(=O)[C@@H]2CCCC[C@H]2C(=O)N2CCN(c3nc4ccccc4nc3C(F)(F)F)CC2)CC1. The van der Waals surface area contributed by atoms with Crippen molar-refractivity contribution >= 4 is 28.7 Å². The highest BCUT2D eigenvalue weighted by atomic mass is 19.4. The molecule has 1 aliphatic heterocycles. The van der Waals surface area contributed by atoms with Crippen LogP contribution in [0.1, 0.15) is 44.2 Å². The van der Waals surface area contributed by atoms with E-state index in [1.54, 1.807) is 23.1 Å². The maximum absolute atomic E-state index is 13.8. The Balaban J connectivity index is 1.29. The first-order valence-electron chi connectivity index (χ1n) is 12.3. The fourth-order valence-corrected chi connectivity index (χ4v) is 5.23. The number of carbonyl (C=O) groups is 2. The number of hydrogen-bond donors (Lipinski definition) is 1. The molecule has 5 rings (SSSR count). The van der Waals surface area contributed by atoms with Crippen molar-refractivity contribution in [1.29, 1.82) is 5.26 Å². The van der Waals surface area contributed by atoms with Crippen LogP contribution < -0.4 is 10.2 Å². The van der Waals surface area contributed by atoms with Crippen molar-refractivity contribution < 1.29 is 22.8 Å². The molecule has 2 atom stereocenters. The van der Waals surface area contributed by atoms with Crippen LogP contribution in [0.3, 0.4) is 0 Å². The van der Waals surface area contributed by atoms with Crippen molar-refractivity contribution in [1.82, 2.24) is 20.2 Å². The Kier molecular flexibility index (Phi) is 6.22. The first kappa shape index (κ1) is 24.3. The lowest BCUT2D eigenvalue weighted by Crippen LogP contribution is -2.53. The molecular formula is C25H27F3N6O2. The predicted octanol–water partition coefficient (Wildman–Crippen LogP) is 3.28. The summed E-state index contributed by atoms with van der Waals surface area (Å²) < 4.78 is 41.4. The van der Waals surface area contributed by atoms with E-state index in [4.69, 9.17) is 0 Å². The molecule has 1 aromatic carbocycles. The summed E-state index contributed by atoms with van der Waals surface area (Å²) in [7, 11) is 0. The van der Waals surface area contributed by atoms with E-state index in [0.717, 1.165) is 12.8 Å². The minimum absolute atomic E-state index is 0.142. The number of para-hydroxylation sites is 2. The molecule has 1 saturated heterocycles. The Morgan fingerprint density at radius 1 is 1.00 bits per heavy atom. The van der Waals surface area contributed by atoms with E-state index < -0.39 is 29.2 Å². The monoisotopic (exact) mass is 500 g/mol. The van der Waals surface area contributed by atoms with Crippen LogP contribution in [0.5, 0.6) is 0 Å². The normalized spacial score (nSPS) is 23.7. The highest BCUT2D eigenvalue weighted by Crippen LogP contribution is 2.38. The van der Waals surface area contributed by atoms with Crippen LogP contribution in [-0.4, -0.2) is 58.4 Å². The van der Waals surface area contributed by atoms with Gasteiger partial charge in [-0.15, -0.1) is 0 Å². The molecule has 8 nitrogen and oxygen atoms in total. The zero-order valence-corrected chi connectivity index (χ0v) is 19.7. The van der Waals surface area contributed by atoms with E-state index in [9.17, 15) is 28.0 Å². The van der Waals surface area contributed by atoms with Gasteiger partial charge in [0.2, 0.25) is 11.8 Å². The zero-order valence-electron chi connectivity index (χ0n) is 19.7. The maximum atomic E-state index is 13.8. The summed E-state index contributed by atoms with van der Waals surface area (Å²) in [6, 6.07) is 8.59. The lowest BCUT2D eigenvalue weighted by Gasteiger charge is -2.39. The molecule has 2 amide bonds. The predicted molar refractivity (Wildman–Crippen MR) is 125 cm³/mol. The van der Waals surface area contributed by atoms with Gasteiger partial charge in [-0.25, -0.2) is 9.97 Å². The summed E-state index contributed by atoms with van der Waals surface area (Å²) in [6.45, 7) is 0.834. The Morgan fingerprint density at radius 2 is 1.61 bits per heavy atom. The fourth-order valence-electron chi connectivity index (χ4n) is 5.23. The molecule has 36 heavy (non-hydrogen) atoms. The van der Waals surface area contributed by atoms with E-state index in [1.807, 2.05) is 0 Å². The van der Waals surface area contributed by atoms with Crippen LogP contribution in [0.2, 0.25) is 0 Å². The summed E-state index contributed by atoms with van der Waals surface area (Å²) in [4.78, 5) is 37.6. The molecule has 1 N–H and O–H groups in total. The second-order valence-corrected chi connectivity index (χ2v) is 9.88. The number of nitrogens with one attached hydrogen (secondary N) is 1. The van der Waals surface area contributed by atoms with E-state index >= 15 is 0 Å². The number of nitriles is 1. The Morgan fingerprint density at radius 3 is 2.19 bits per heavy atom. The number of nitrogens with zero attached hydrogens (tertiary/aromatic N) is 5. The van der Waals surface area contributed by atoms with Crippen LogP contribution in [0.15, 0.2) is 24.3 Å². The molecular weight excluding hydrogens is 473 g/mol. The largest absolute Gasteiger partial charge is 0.437 e. The third-order valence-electron chi connectivity index (χ3n) is 7.46. The van der Waals surface area contributed by atoms with Crippen LogP contribution in [0.4, 0.5) is 19.0 Å². The summed E-state index contributed by atoms with van der Waals surface area (Å²) in [5.41, 5.74) is -1.27. The van der Waals surface area contributed by atoms with Crippen molar-refractivity contribution in [3.63, 3.8) is 0 Å². The van der Waals surface area contributed by atoms with Crippen LogP contribution >= 0.6 is 0 Å². The minimum Gasteiger partial charge on any atom is -0.351 e. The van der Waals surface area contributed by atoms with Crippen molar-refractivity contribution in [3.05, 3.63) is 30.0 Å². The second kappa shape index (κ2) is 9.22. The van der Waals surface area contributed by atoms with Crippen LogP contribution in [0.25, 0.3) is 11.0 Å². The van der Waals surface area contributed by atoms with Crippen molar-refractivity contribution in [3.8, 4) is 6.07 Å². The summed E-state index contributed by atoms with van der Waals surface area (Å²) >= 11 is 0. The van der Waals surface area contributed by atoms with Crippen molar-refractivity contribution in [2.45, 2.75) is 50.2 Å². The van der Waals surface area contributed by atoms with Gasteiger partial charge in [0.25, 0.3) is 0 Å². The number of carbonyl (C=O) groups excluding carboxylic acids is 2. The number of hydrogen-bond acceptors (Lipinski definition) is 6. The number of benzene rings is 1. The van der Waals surface area contributed by atoms with E-state index in [-0.39, 0.29) is 49.3 Å². The quantitative estimate of drug-likeness (QED) is 0.692.